The highest BCUT2D eigenvalue weighted by Crippen LogP contribution is 2.59. The number of aliphatic hydroxyl groups is 1. The molecule has 47 heavy (non-hydrogen) atoms. The summed E-state index contributed by atoms with van der Waals surface area (Å²) in [5.74, 6) is -3.39. The zero-order valence-corrected chi connectivity index (χ0v) is 29.0. The average Bonchev–Trinajstić information content (AvgIpc) is 3.68. The molecule has 5 aliphatic rings. The van der Waals surface area contributed by atoms with Crippen molar-refractivity contribution in [1.82, 2.24) is 14.7 Å². The van der Waals surface area contributed by atoms with Gasteiger partial charge in [0.05, 0.1) is 24.6 Å². The van der Waals surface area contributed by atoms with Crippen LogP contribution in [0.5, 0.6) is 0 Å². The summed E-state index contributed by atoms with van der Waals surface area (Å²) in [5, 5.41) is 10.5. The van der Waals surface area contributed by atoms with Gasteiger partial charge in [-0.3, -0.25) is 19.2 Å². The van der Waals surface area contributed by atoms with Crippen LogP contribution in [0, 0.1) is 11.8 Å². The van der Waals surface area contributed by atoms with Gasteiger partial charge < -0.3 is 29.3 Å². The first-order valence-electron chi connectivity index (χ1n) is 17.1. The molecule has 0 radical (unpaired) electrons. The van der Waals surface area contributed by atoms with Crippen LogP contribution in [0.4, 0.5) is 0 Å². The average molecular weight is 713 g/mol. The molecule has 1 aliphatic carbocycles. The fourth-order valence-corrected chi connectivity index (χ4v) is 9.13. The van der Waals surface area contributed by atoms with Gasteiger partial charge in [0.15, 0.2) is 0 Å². The quantitative estimate of drug-likeness (QED) is 0.358. The fourth-order valence-electron chi connectivity index (χ4n) is 8.39. The van der Waals surface area contributed by atoms with Crippen LogP contribution in [0.2, 0.25) is 0 Å². The molecule has 1 saturated carbocycles. The van der Waals surface area contributed by atoms with Crippen molar-refractivity contribution in [3.05, 3.63) is 58.6 Å². The van der Waals surface area contributed by atoms with E-state index in [1.54, 1.807) is 11.9 Å². The van der Waals surface area contributed by atoms with E-state index in [-0.39, 0.29) is 36.8 Å². The molecule has 1 aromatic carbocycles. The van der Waals surface area contributed by atoms with Crippen LogP contribution in [-0.2, 0) is 28.7 Å². The summed E-state index contributed by atoms with van der Waals surface area (Å²) in [7, 11) is 1.72. The summed E-state index contributed by atoms with van der Waals surface area (Å²) in [5.41, 5.74) is -0.684. The monoisotopic (exact) mass is 711 g/mol. The molecule has 11 heteroatoms. The molecule has 3 fully saturated rings. The van der Waals surface area contributed by atoms with E-state index in [1.807, 2.05) is 67.3 Å². The van der Waals surface area contributed by atoms with Gasteiger partial charge in [0.25, 0.3) is 0 Å². The van der Waals surface area contributed by atoms with Crippen molar-refractivity contribution in [2.45, 2.75) is 107 Å². The van der Waals surface area contributed by atoms with Gasteiger partial charge in [0.1, 0.15) is 29.8 Å². The predicted octanol–water partition coefficient (Wildman–Crippen LogP) is 4.27. The highest BCUT2D eigenvalue weighted by atomic mass is 79.9. The lowest BCUT2D eigenvalue weighted by Gasteiger charge is -2.41. The molecule has 1 aromatic rings. The van der Waals surface area contributed by atoms with Crippen molar-refractivity contribution < 1.29 is 33.8 Å². The SMILES string of the molecule is CC[C@@H](CO)N1C(=O)[C@@H]2[C@H]3C(=O)O[C@@H](c4ccccc4)[C@H](C)N(C)C(=O)CC/C=C\CN(C4CCCCC4)C(=O)[C@@H]1[C@]21C=C(Br)[C@H]3O1. The van der Waals surface area contributed by atoms with Crippen molar-refractivity contribution >= 4 is 39.6 Å². The van der Waals surface area contributed by atoms with Crippen LogP contribution in [0.1, 0.15) is 76.9 Å². The molecule has 2 saturated heterocycles. The molecule has 254 valence electrons. The number of fused-ring (bicyclic) bond motifs is 2. The van der Waals surface area contributed by atoms with Crippen LogP contribution < -0.4 is 0 Å². The molecular formula is C36H46BrN3O7. The van der Waals surface area contributed by atoms with Crippen molar-refractivity contribution in [3.63, 3.8) is 0 Å². The van der Waals surface area contributed by atoms with E-state index in [9.17, 15) is 24.3 Å². The molecule has 4 aliphatic heterocycles. The van der Waals surface area contributed by atoms with E-state index >= 15 is 0 Å². The van der Waals surface area contributed by atoms with E-state index in [1.165, 1.54) is 4.90 Å². The Labute approximate surface area is 285 Å². The van der Waals surface area contributed by atoms with Gasteiger partial charge in [0.2, 0.25) is 17.7 Å². The third-order valence-electron chi connectivity index (χ3n) is 11.1. The number of likely N-dealkylation sites (tertiary alicyclic amines) is 1. The number of rotatable bonds is 5. The fraction of sp³-hybridized carbons (Fsp3) is 0.611. The van der Waals surface area contributed by atoms with E-state index in [4.69, 9.17) is 9.47 Å². The maximum Gasteiger partial charge on any atom is 0.313 e. The molecule has 5 bridgehead atoms. The number of nitrogens with zero attached hydrogens (tertiary/aromatic N) is 3. The molecule has 3 amide bonds. The minimum Gasteiger partial charge on any atom is -0.455 e. The first-order chi connectivity index (χ1) is 22.6. The number of esters is 1. The van der Waals surface area contributed by atoms with Gasteiger partial charge in [-0.1, -0.05) is 84.6 Å². The highest BCUT2D eigenvalue weighted by molar-refractivity contribution is 9.11. The molecule has 4 heterocycles. The Kier molecular flexibility index (Phi) is 9.97. The van der Waals surface area contributed by atoms with Gasteiger partial charge in [-0.2, -0.15) is 0 Å². The molecule has 10 nitrogen and oxygen atoms in total. The number of likely N-dealkylation sites (N-methyl/N-ethyl adjacent to an activating group) is 1. The third-order valence-corrected chi connectivity index (χ3v) is 11.7. The normalized spacial score (nSPS) is 35.2. The first kappa shape index (κ1) is 33.9. The Balaban J connectivity index is 1.47. The summed E-state index contributed by atoms with van der Waals surface area (Å²) in [6.07, 6.45) is 10.1. The minimum absolute atomic E-state index is 0.0170. The number of aliphatic hydroxyl groups excluding tert-OH is 1. The molecule has 0 unspecified atom stereocenters. The molecular weight excluding hydrogens is 666 g/mol. The Hall–Kier alpha value is -3.02. The van der Waals surface area contributed by atoms with Gasteiger partial charge >= 0.3 is 5.97 Å². The van der Waals surface area contributed by atoms with Crippen molar-refractivity contribution in [1.29, 1.82) is 0 Å². The number of hydrogen-bond acceptors (Lipinski definition) is 7. The summed E-state index contributed by atoms with van der Waals surface area (Å²) >= 11 is 3.63. The maximum absolute atomic E-state index is 15.0. The number of amides is 3. The Morgan fingerprint density at radius 1 is 1.02 bits per heavy atom. The smallest absolute Gasteiger partial charge is 0.313 e. The molecule has 1 N–H and O–H groups in total. The van der Waals surface area contributed by atoms with Crippen molar-refractivity contribution in [2.75, 3.05) is 20.2 Å². The van der Waals surface area contributed by atoms with Gasteiger partial charge in [-0.05, 0) is 44.2 Å². The summed E-state index contributed by atoms with van der Waals surface area (Å²) < 4.78 is 13.6. The minimum atomic E-state index is -1.41. The molecule has 8 atom stereocenters. The largest absolute Gasteiger partial charge is 0.455 e. The Morgan fingerprint density at radius 2 is 1.74 bits per heavy atom. The van der Waals surface area contributed by atoms with Crippen LogP contribution in [-0.4, -0.2) is 99.6 Å². The number of benzene rings is 1. The highest BCUT2D eigenvalue weighted by Gasteiger charge is 2.75. The van der Waals surface area contributed by atoms with Crippen molar-refractivity contribution in [3.8, 4) is 0 Å². The van der Waals surface area contributed by atoms with E-state index in [2.05, 4.69) is 15.9 Å². The topological polar surface area (TPSA) is 117 Å². The number of carbonyl (C=O) groups excluding carboxylic acids is 4. The lowest BCUT2D eigenvalue weighted by atomic mass is 9.74. The van der Waals surface area contributed by atoms with Crippen LogP contribution in [0.25, 0.3) is 0 Å². The van der Waals surface area contributed by atoms with E-state index < -0.39 is 53.7 Å². The standard InChI is InChI=1S/C36H46BrN3O7/c1-4-24(21-41)40-32-34(44)39(25-16-10-6-11-17-25)19-13-7-12-18-27(42)38(3)22(2)30(23-14-8-5-9-15-23)46-35(45)28-29(33(40)43)36(32)20-26(37)31(28)47-36/h5,7-9,13-15,20,22,24-25,28-32,41H,4,6,10-12,16-19,21H2,1-3H3/b13-7-/t22-,24-,28+,29-,30+,31+,32+,36-/m0/s1. The molecule has 6 rings (SSSR count). The van der Waals surface area contributed by atoms with Gasteiger partial charge in [-0.25, -0.2) is 0 Å². The number of cyclic esters (lactones) is 1. The van der Waals surface area contributed by atoms with Crippen LogP contribution in [0.3, 0.4) is 0 Å². The first-order valence-corrected chi connectivity index (χ1v) is 17.9. The Bertz CT molecular complexity index is 1420. The second-order valence-corrected chi connectivity index (χ2v) is 14.5. The number of hydrogen-bond donors (Lipinski definition) is 1. The number of allylic oxidation sites excluding steroid dienone is 1. The molecule has 0 aromatic heterocycles. The number of ether oxygens (including phenoxy) is 2. The van der Waals surface area contributed by atoms with Gasteiger partial charge in [-0.15, -0.1) is 0 Å². The second-order valence-electron chi connectivity index (χ2n) is 13.6. The lowest BCUT2D eigenvalue weighted by molar-refractivity contribution is -0.164. The summed E-state index contributed by atoms with van der Waals surface area (Å²) in [6, 6.07) is 7.08. The number of halogens is 1. The number of carbonyl (C=O) groups is 4. The second kappa shape index (κ2) is 13.8. The molecule has 1 spiro atoms. The lowest BCUT2D eigenvalue weighted by Crippen LogP contribution is -2.60. The van der Waals surface area contributed by atoms with E-state index in [0.717, 1.165) is 37.7 Å². The van der Waals surface area contributed by atoms with Crippen LogP contribution in [0.15, 0.2) is 53.0 Å². The van der Waals surface area contributed by atoms with Crippen molar-refractivity contribution in [2.24, 2.45) is 11.8 Å². The maximum atomic E-state index is 15.0. The zero-order chi connectivity index (χ0) is 33.5. The third kappa shape index (κ3) is 5.86. The van der Waals surface area contributed by atoms with E-state index in [0.29, 0.717) is 23.9 Å². The van der Waals surface area contributed by atoms with Crippen LogP contribution >= 0.6 is 15.9 Å². The predicted molar refractivity (Wildman–Crippen MR) is 178 cm³/mol. The summed E-state index contributed by atoms with van der Waals surface area (Å²) in [6.45, 7) is 3.74. The summed E-state index contributed by atoms with van der Waals surface area (Å²) in [4.78, 5) is 62.4. The van der Waals surface area contributed by atoms with Gasteiger partial charge in [0, 0.05) is 30.5 Å². The zero-order valence-electron chi connectivity index (χ0n) is 27.4. The Morgan fingerprint density at radius 3 is 2.43 bits per heavy atom.